The number of carbonyl (C=O) groups is 2. The molecule has 0 bridgehead atoms. The summed E-state index contributed by atoms with van der Waals surface area (Å²) in [6, 6.07) is 3.03. The fourth-order valence-electron chi connectivity index (χ4n) is 0.701. The largest absolute Gasteiger partial charge is 0.482 e. The summed E-state index contributed by atoms with van der Waals surface area (Å²) in [5.74, 6) is -0.149. The topological polar surface area (TPSA) is 82.3 Å². The van der Waals surface area contributed by atoms with E-state index in [1.54, 1.807) is 6.07 Å². The van der Waals surface area contributed by atoms with Crippen molar-refractivity contribution >= 4 is 12.2 Å². The lowest BCUT2D eigenvalue weighted by molar-refractivity contribution is -0.119. The molecule has 0 aliphatic heterocycles. The molecule has 0 aliphatic carbocycles. The monoisotopic (exact) mass is 180 g/mol. The summed E-state index contributed by atoms with van der Waals surface area (Å²) < 4.78 is 4.91. The van der Waals surface area contributed by atoms with Gasteiger partial charge in [-0.15, -0.1) is 0 Å². The van der Waals surface area contributed by atoms with E-state index < -0.39 is 5.91 Å². The maximum Gasteiger partial charge on any atom is 0.255 e. The van der Waals surface area contributed by atoms with E-state index in [1.807, 2.05) is 0 Å². The van der Waals surface area contributed by atoms with Crippen molar-refractivity contribution in [3.05, 3.63) is 24.0 Å². The summed E-state index contributed by atoms with van der Waals surface area (Å²) in [6.07, 6.45) is 1.98. The van der Waals surface area contributed by atoms with Gasteiger partial charge in [-0.25, -0.2) is 4.98 Å². The molecule has 1 amide bonds. The third kappa shape index (κ3) is 2.90. The minimum Gasteiger partial charge on any atom is -0.482 e. The summed E-state index contributed by atoms with van der Waals surface area (Å²) in [4.78, 5) is 24.3. The van der Waals surface area contributed by atoms with Crippen LogP contribution in [-0.4, -0.2) is 23.8 Å². The number of nitrogens with zero attached hydrogens (tertiary/aromatic N) is 1. The molecule has 0 radical (unpaired) electrons. The molecule has 1 heterocycles. The lowest BCUT2D eigenvalue weighted by Crippen LogP contribution is -2.20. The highest BCUT2D eigenvalue weighted by Gasteiger charge is 1.97. The molecule has 68 valence electrons. The minimum atomic E-state index is -0.556. The molecule has 5 heteroatoms. The molecule has 1 aromatic rings. The van der Waals surface area contributed by atoms with E-state index in [0.29, 0.717) is 17.7 Å². The number of amides is 1. The van der Waals surface area contributed by atoms with E-state index in [9.17, 15) is 9.59 Å². The number of primary amides is 1. The number of nitrogens with two attached hydrogens (primary N) is 1. The van der Waals surface area contributed by atoms with Crippen LogP contribution in [0.1, 0.15) is 10.5 Å². The highest BCUT2D eigenvalue weighted by molar-refractivity contribution is 5.75. The van der Waals surface area contributed by atoms with Crippen LogP contribution in [0.4, 0.5) is 0 Å². The van der Waals surface area contributed by atoms with Crippen molar-refractivity contribution in [2.75, 3.05) is 6.61 Å². The quantitative estimate of drug-likeness (QED) is 0.648. The Labute approximate surface area is 74.5 Å². The van der Waals surface area contributed by atoms with Gasteiger partial charge in [0.1, 0.15) is 11.4 Å². The fraction of sp³-hybridized carbons (Fsp3) is 0.125. The average molecular weight is 180 g/mol. The molecule has 0 unspecified atom stereocenters. The average Bonchev–Trinajstić information content (AvgIpc) is 2.15. The summed E-state index contributed by atoms with van der Waals surface area (Å²) >= 11 is 0. The number of hydrogen-bond donors (Lipinski definition) is 1. The fourth-order valence-corrected chi connectivity index (χ4v) is 0.701. The Morgan fingerprint density at radius 1 is 1.62 bits per heavy atom. The van der Waals surface area contributed by atoms with Crippen LogP contribution in [0, 0.1) is 0 Å². The minimum absolute atomic E-state index is 0.192. The van der Waals surface area contributed by atoms with Crippen molar-refractivity contribution in [1.82, 2.24) is 4.98 Å². The molecule has 5 nitrogen and oxygen atoms in total. The second-order valence-corrected chi connectivity index (χ2v) is 2.29. The maximum absolute atomic E-state index is 10.3. The van der Waals surface area contributed by atoms with Crippen LogP contribution in [0.25, 0.3) is 0 Å². The van der Waals surface area contributed by atoms with Crippen LogP contribution >= 0.6 is 0 Å². The van der Waals surface area contributed by atoms with Crippen LogP contribution in [-0.2, 0) is 4.79 Å². The highest BCUT2D eigenvalue weighted by Crippen LogP contribution is 2.07. The van der Waals surface area contributed by atoms with E-state index in [2.05, 4.69) is 4.98 Å². The van der Waals surface area contributed by atoms with Crippen molar-refractivity contribution in [1.29, 1.82) is 0 Å². The van der Waals surface area contributed by atoms with Gasteiger partial charge in [-0.1, -0.05) is 0 Å². The van der Waals surface area contributed by atoms with Gasteiger partial charge in [0.2, 0.25) is 0 Å². The van der Waals surface area contributed by atoms with Crippen molar-refractivity contribution in [3.63, 3.8) is 0 Å². The Balaban J connectivity index is 2.59. The normalized spacial score (nSPS) is 9.23. The third-order valence-corrected chi connectivity index (χ3v) is 1.26. The van der Waals surface area contributed by atoms with Gasteiger partial charge < -0.3 is 10.5 Å². The Kier molecular flexibility index (Phi) is 2.97. The summed E-state index contributed by atoms with van der Waals surface area (Å²) in [7, 11) is 0. The predicted octanol–water partition coefficient (Wildman–Crippen LogP) is -0.242. The summed E-state index contributed by atoms with van der Waals surface area (Å²) in [6.45, 7) is -0.192. The van der Waals surface area contributed by atoms with E-state index in [0.717, 1.165) is 0 Å². The van der Waals surface area contributed by atoms with Gasteiger partial charge in [0.25, 0.3) is 5.91 Å². The smallest absolute Gasteiger partial charge is 0.255 e. The second kappa shape index (κ2) is 4.20. The molecule has 0 saturated carbocycles. The molecular weight excluding hydrogens is 172 g/mol. The van der Waals surface area contributed by atoms with E-state index >= 15 is 0 Å². The Morgan fingerprint density at radius 2 is 2.38 bits per heavy atom. The number of rotatable bonds is 4. The number of carbonyl (C=O) groups excluding carboxylic acids is 2. The van der Waals surface area contributed by atoms with Gasteiger partial charge in [-0.2, -0.15) is 0 Å². The van der Waals surface area contributed by atoms with Gasteiger partial charge in [-0.3, -0.25) is 9.59 Å². The van der Waals surface area contributed by atoms with Gasteiger partial charge in [0.05, 0.1) is 6.20 Å². The predicted molar refractivity (Wildman–Crippen MR) is 44.3 cm³/mol. The number of ether oxygens (including phenoxy) is 1. The highest BCUT2D eigenvalue weighted by atomic mass is 16.5. The second-order valence-electron chi connectivity index (χ2n) is 2.29. The van der Waals surface area contributed by atoms with Crippen LogP contribution < -0.4 is 10.5 Å². The van der Waals surface area contributed by atoms with Crippen LogP contribution in [0.3, 0.4) is 0 Å². The molecule has 0 spiro atoms. The zero-order valence-electron chi connectivity index (χ0n) is 6.77. The molecule has 0 aromatic carbocycles. The van der Waals surface area contributed by atoms with Crippen LogP contribution in [0.2, 0.25) is 0 Å². The van der Waals surface area contributed by atoms with Gasteiger partial charge in [-0.05, 0) is 12.1 Å². The first-order chi connectivity index (χ1) is 6.22. The van der Waals surface area contributed by atoms with E-state index in [1.165, 1.54) is 12.3 Å². The molecule has 2 N–H and O–H groups in total. The summed E-state index contributed by atoms with van der Waals surface area (Å²) in [5.41, 5.74) is 5.17. The van der Waals surface area contributed by atoms with Crippen molar-refractivity contribution in [3.8, 4) is 5.75 Å². The van der Waals surface area contributed by atoms with Gasteiger partial charge in [0, 0.05) is 0 Å². The zero-order chi connectivity index (χ0) is 9.68. The first-order valence-electron chi connectivity index (χ1n) is 3.54. The first-order valence-corrected chi connectivity index (χ1v) is 3.54. The number of aldehydes is 1. The molecule has 0 saturated heterocycles. The number of hydrogen-bond acceptors (Lipinski definition) is 4. The van der Waals surface area contributed by atoms with E-state index in [4.69, 9.17) is 10.5 Å². The molecule has 0 aliphatic rings. The van der Waals surface area contributed by atoms with Crippen LogP contribution in [0.15, 0.2) is 18.3 Å². The lowest BCUT2D eigenvalue weighted by Gasteiger charge is -2.01. The Bertz CT molecular complexity index is 308. The standard InChI is InChI=1S/C8H8N2O3/c9-8(12)5-13-7-2-1-6(4-11)10-3-7/h1-4H,5H2,(H2,9,12). The number of aromatic nitrogens is 1. The van der Waals surface area contributed by atoms with Gasteiger partial charge >= 0.3 is 0 Å². The molecule has 1 rings (SSSR count). The first kappa shape index (κ1) is 9.18. The van der Waals surface area contributed by atoms with Crippen molar-refractivity contribution < 1.29 is 14.3 Å². The molecule has 0 fully saturated rings. The summed E-state index contributed by atoms with van der Waals surface area (Å²) in [5, 5.41) is 0. The SMILES string of the molecule is NC(=O)COc1ccc(C=O)nc1. The third-order valence-electron chi connectivity index (χ3n) is 1.26. The van der Waals surface area contributed by atoms with Gasteiger partial charge in [0.15, 0.2) is 12.9 Å². The van der Waals surface area contributed by atoms with E-state index in [-0.39, 0.29) is 6.61 Å². The van der Waals surface area contributed by atoms with Crippen molar-refractivity contribution in [2.45, 2.75) is 0 Å². The maximum atomic E-state index is 10.3. The van der Waals surface area contributed by atoms with Crippen LogP contribution in [0.5, 0.6) is 5.75 Å². The van der Waals surface area contributed by atoms with Crippen molar-refractivity contribution in [2.24, 2.45) is 5.73 Å². The number of pyridine rings is 1. The molecule has 1 aromatic heterocycles. The molecule has 13 heavy (non-hydrogen) atoms. The molecule has 0 atom stereocenters. The Hall–Kier alpha value is -1.91. The Morgan fingerprint density at radius 3 is 2.85 bits per heavy atom. The lowest BCUT2D eigenvalue weighted by atomic mass is 10.4. The zero-order valence-corrected chi connectivity index (χ0v) is 6.77. The molecular formula is C8H8N2O3.